The van der Waals surface area contributed by atoms with E-state index in [1.165, 1.54) is 0 Å². The van der Waals surface area contributed by atoms with Crippen LogP contribution in [-0.4, -0.2) is 53.1 Å². The predicted molar refractivity (Wildman–Crippen MR) is 68.4 cm³/mol. The number of aliphatic carboxylic acids is 1. The molecule has 1 aliphatic rings. The molecule has 1 aliphatic carbocycles. The number of carbonyl (C=O) groups excluding carboxylic acids is 1. The number of carboxylic acid groups (broad SMARTS) is 1. The monoisotopic (exact) mass is 260 g/mol. The van der Waals surface area contributed by atoms with Crippen LogP contribution in [0.15, 0.2) is 0 Å². The minimum absolute atomic E-state index is 0.275. The number of amides is 2. The number of nitrogens with one attached hydrogen (secondary N) is 1. The Bertz CT molecular complexity index is 282. The summed E-state index contributed by atoms with van der Waals surface area (Å²) in [6, 6.07) is -0.773. The number of thioether (sulfide) groups is 1. The van der Waals surface area contributed by atoms with Gasteiger partial charge in [0.1, 0.15) is 6.04 Å². The zero-order chi connectivity index (χ0) is 12.8. The summed E-state index contributed by atoms with van der Waals surface area (Å²) in [7, 11) is 1.73. The average Bonchev–Trinajstić information content (AvgIpc) is 2.20. The number of urea groups is 1. The second-order valence-corrected chi connectivity index (χ2v) is 5.30. The van der Waals surface area contributed by atoms with E-state index in [0.717, 1.165) is 25.0 Å². The van der Waals surface area contributed by atoms with E-state index < -0.39 is 12.0 Å². The Hall–Kier alpha value is -0.910. The van der Waals surface area contributed by atoms with E-state index in [-0.39, 0.29) is 12.1 Å². The van der Waals surface area contributed by atoms with E-state index in [1.54, 1.807) is 23.7 Å². The van der Waals surface area contributed by atoms with Gasteiger partial charge in [-0.1, -0.05) is 0 Å². The summed E-state index contributed by atoms with van der Waals surface area (Å²) in [5.41, 5.74) is 0. The van der Waals surface area contributed by atoms with Gasteiger partial charge in [-0.15, -0.1) is 0 Å². The van der Waals surface area contributed by atoms with Gasteiger partial charge in [0, 0.05) is 13.1 Å². The van der Waals surface area contributed by atoms with Crippen molar-refractivity contribution in [3.8, 4) is 0 Å². The van der Waals surface area contributed by atoms with Gasteiger partial charge < -0.3 is 15.3 Å². The maximum absolute atomic E-state index is 11.8. The fraction of sp³-hybridized carbons (Fsp3) is 0.818. The molecule has 17 heavy (non-hydrogen) atoms. The molecular formula is C11H20N2O3S. The van der Waals surface area contributed by atoms with Crippen molar-refractivity contribution in [1.29, 1.82) is 0 Å². The Labute approximate surface area is 106 Å². The molecule has 2 amide bonds. The highest BCUT2D eigenvalue weighted by Gasteiger charge is 2.28. The average molecular weight is 260 g/mol. The summed E-state index contributed by atoms with van der Waals surface area (Å²) in [5.74, 6) is -0.237. The van der Waals surface area contributed by atoms with Crippen molar-refractivity contribution in [3.05, 3.63) is 0 Å². The van der Waals surface area contributed by atoms with Gasteiger partial charge in [0.05, 0.1) is 0 Å². The smallest absolute Gasteiger partial charge is 0.326 e. The van der Waals surface area contributed by atoms with Crippen molar-refractivity contribution >= 4 is 23.8 Å². The molecule has 0 spiro atoms. The lowest BCUT2D eigenvalue weighted by Gasteiger charge is -2.35. The molecule has 1 fully saturated rings. The lowest BCUT2D eigenvalue weighted by atomic mass is 9.92. The Balaban J connectivity index is 2.41. The summed E-state index contributed by atoms with van der Waals surface area (Å²) in [6.07, 6.45) is 5.57. The molecule has 0 aromatic carbocycles. The standard InChI is InChI=1S/C11H20N2O3S/c1-13(8-4-3-5-8)11(16)12-9(10(14)15)6-7-17-2/h8-9H,3-7H2,1-2H3,(H,12,16)(H,14,15)/t9-/m0/s1. The first kappa shape index (κ1) is 14.2. The predicted octanol–water partition coefficient (Wildman–Crippen LogP) is 1.39. The minimum atomic E-state index is -0.964. The van der Waals surface area contributed by atoms with Crippen molar-refractivity contribution in [2.24, 2.45) is 0 Å². The van der Waals surface area contributed by atoms with Crippen molar-refractivity contribution in [2.45, 2.75) is 37.8 Å². The SMILES string of the molecule is CSCC[C@H](NC(=O)N(C)C1CCC1)C(=O)O. The first-order chi connectivity index (χ1) is 8.06. The zero-order valence-corrected chi connectivity index (χ0v) is 11.1. The molecule has 0 aliphatic heterocycles. The van der Waals surface area contributed by atoms with Crippen LogP contribution in [-0.2, 0) is 4.79 Å². The van der Waals surface area contributed by atoms with Crippen LogP contribution in [0.2, 0.25) is 0 Å². The zero-order valence-electron chi connectivity index (χ0n) is 10.3. The Morgan fingerprint density at radius 1 is 1.53 bits per heavy atom. The molecule has 0 heterocycles. The topological polar surface area (TPSA) is 69.6 Å². The summed E-state index contributed by atoms with van der Waals surface area (Å²) < 4.78 is 0. The highest BCUT2D eigenvalue weighted by Crippen LogP contribution is 2.23. The molecule has 0 bridgehead atoms. The lowest BCUT2D eigenvalue weighted by Crippen LogP contribution is -2.51. The maximum Gasteiger partial charge on any atom is 0.326 e. The Kier molecular flexibility index (Phi) is 5.61. The molecule has 2 N–H and O–H groups in total. The van der Waals surface area contributed by atoms with E-state index in [9.17, 15) is 9.59 Å². The summed E-state index contributed by atoms with van der Waals surface area (Å²) in [6.45, 7) is 0. The third-order valence-corrected chi connectivity index (χ3v) is 3.79. The van der Waals surface area contributed by atoms with Crippen molar-refractivity contribution in [1.82, 2.24) is 10.2 Å². The van der Waals surface area contributed by atoms with E-state index in [1.807, 2.05) is 6.26 Å². The van der Waals surface area contributed by atoms with Crippen molar-refractivity contribution < 1.29 is 14.7 Å². The van der Waals surface area contributed by atoms with Gasteiger partial charge in [0.2, 0.25) is 0 Å². The first-order valence-corrected chi connectivity index (χ1v) is 7.20. The van der Waals surface area contributed by atoms with Crippen LogP contribution in [0.25, 0.3) is 0 Å². The van der Waals surface area contributed by atoms with E-state index >= 15 is 0 Å². The molecule has 0 radical (unpaired) electrons. The molecule has 0 unspecified atom stereocenters. The fourth-order valence-electron chi connectivity index (χ4n) is 1.68. The summed E-state index contributed by atoms with van der Waals surface area (Å²) in [4.78, 5) is 24.4. The minimum Gasteiger partial charge on any atom is -0.480 e. The normalized spacial score (nSPS) is 17.1. The highest BCUT2D eigenvalue weighted by molar-refractivity contribution is 7.98. The van der Waals surface area contributed by atoms with Gasteiger partial charge in [-0.05, 0) is 37.7 Å². The van der Waals surface area contributed by atoms with Crippen LogP contribution in [0, 0.1) is 0 Å². The summed E-state index contributed by atoms with van der Waals surface area (Å²) >= 11 is 1.58. The Morgan fingerprint density at radius 2 is 2.18 bits per heavy atom. The van der Waals surface area contributed by atoms with Gasteiger partial charge in [0.25, 0.3) is 0 Å². The molecule has 0 aromatic rings. The number of hydrogen-bond acceptors (Lipinski definition) is 3. The molecule has 1 rings (SSSR count). The molecule has 0 aromatic heterocycles. The Morgan fingerprint density at radius 3 is 2.59 bits per heavy atom. The van der Waals surface area contributed by atoms with Gasteiger partial charge >= 0.3 is 12.0 Å². The van der Waals surface area contributed by atoms with Crippen LogP contribution in [0.5, 0.6) is 0 Å². The maximum atomic E-state index is 11.8. The van der Waals surface area contributed by atoms with Crippen molar-refractivity contribution in [2.75, 3.05) is 19.1 Å². The van der Waals surface area contributed by atoms with Crippen LogP contribution in [0.3, 0.4) is 0 Å². The second kappa shape index (κ2) is 6.74. The van der Waals surface area contributed by atoms with Crippen LogP contribution in [0.1, 0.15) is 25.7 Å². The molecule has 0 saturated heterocycles. The van der Waals surface area contributed by atoms with Crippen LogP contribution in [0.4, 0.5) is 4.79 Å². The van der Waals surface area contributed by atoms with Gasteiger partial charge in [-0.2, -0.15) is 11.8 Å². The fourth-order valence-corrected chi connectivity index (χ4v) is 2.16. The van der Waals surface area contributed by atoms with Crippen LogP contribution < -0.4 is 5.32 Å². The van der Waals surface area contributed by atoms with Gasteiger partial charge in [0.15, 0.2) is 0 Å². The van der Waals surface area contributed by atoms with Gasteiger partial charge in [-0.3, -0.25) is 0 Å². The van der Waals surface area contributed by atoms with E-state index in [2.05, 4.69) is 5.32 Å². The second-order valence-electron chi connectivity index (χ2n) is 4.32. The molecule has 6 heteroatoms. The number of nitrogens with zero attached hydrogens (tertiary/aromatic N) is 1. The van der Waals surface area contributed by atoms with E-state index in [4.69, 9.17) is 5.11 Å². The quantitative estimate of drug-likeness (QED) is 0.757. The number of rotatable bonds is 6. The lowest BCUT2D eigenvalue weighted by molar-refractivity contribution is -0.139. The molecular weight excluding hydrogens is 240 g/mol. The number of carboxylic acids is 1. The first-order valence-electron chi connectivity index (χ1n) is 5.81. The summed E-state index contributed by atoms with van der Waals surface area (Å²) in [5, 5.41) is 11.6. The van der Waals surface area contributed by atoms with Gasteiger partial charge in [-0.25, -0.2) is 9.59 Å². The van der Waals surface area contributed by atoms with E-state index in [0.29, 0.717) is 6.42 Å². The molecule has 1 saturated carbocycles. The third-order valence-electron chi connectivity index (χ3n) is 3.15. The number of hydrogen-bond donors (Lipinski definition) is 2. The largest absolute Gasteiger partial charge is 0.480 e. The van der Waals surface area contributed by atoms with Crippen molar-refractivity contribution in [3.63, 3.8) is 0 Å². The molecule has 5 nitrogen and oxygen atoms in total. The van der Waals surface area contributed by atoms with Crippen LogP contribution >= 0.6 is 11.8 Å². The third kappa shape index (κ3) is 4.11. The number of carbonyl (C=O) groups is 2. The molecule has 1 atom stereocenters. The molecule has 98 valence electrons. The highest BCUT2D eigenvalue weighted by atomic mass is 32.2.